The van der Waals surface area contributed by atoms with Gasteiger partial charge in [0, 0.05) is 19.3 Å². The van der Waals surface area contributed by atoms with Crippen molar-refractivity contribution in [3.05, 3.63) is 24.0 Å². The molecular weight excluding hydrogens is 242 g/mol. The zero-order valence-corrected chi connectivity index (χ0v) is 11.9. The van der Waals surface area contributed by atoms with E-state index in [4.69, 9.17) is 5.84 Å². The van der Waals surface area contributed by atoms with Crippen LogP contribution in [0.1, 0.15) is 23.8 Å². The van der Waals surface area contributed by atoms with Gasteiger partial charge >= 0.3 is 0 Å². The van der Waals surface area contributed by atoms with Crippen LogP contribution in [0, 0.1) is 0 Å². The highest BCUT2D eigenvalue weighted by Crippen LogP contribution is 2.09. The van der Waals surface area contributed by atoms with Gasteiger partial charge < -0.3 is 15.2 Å². The Morgan fingerprint density at radius 3 is 2.74 bits per heavy atom. The average Bonchev–Trinajstić information content (AvgIpc) is 2.42. The number of rotatable bonds is 7. The lowest BCUT2D eigenvalue weighted by Crippen LogP contribution is -2.33. The maximum atomic E-state index is 12.3. The van der Waals surface area contributed by atoms with Crippen molar-refractivity contribution in [1.29, 1.82) is 0 Å². The summed E-state index contributed by atoms with van der Waals surface area (Å²) in [5.41, 5.74) is 3.62. The smallest absolute Gasteiger partial charge is 0.272 e. The predicted octanol–water partition coefficient (Wildman–Crippen LogP) is 0.781. The molecule has 19 heavy (non-hydrogen) atoms. The number of hydrazine groups is 1. The van der Waals surface area contributed by atoms with Crippen molar-refractivity contribution in [2.45, 2.75) is 13.3 Å². The molecule has 1 heterocycles. The van der Waals surface area contributed by atoms with Gasteiger partial charge in [-0.15, -0.1) is 0 Å². The summed E-state index contributed by atoms with van der Waals surface area (Å²) >= 11 is 0. The number of nitrogens with two attached hydrogens (primary N) is 1. The molecule has 0 saturated heterocycles. The zero-order chi connectivity index (χ0) is 14.3. The normalized spacial score (nSPS) is 10.6. The number of hydrogen-bond donors (Lipinski definition) is 2. The highest BCUT2D eigenvalue weighted by atomic mass is 16.2. The Hall–Kier alpha value is -1.66. The molecule has 0 bridgehead atoms. The van der Waals surface area contributed by atoms with Crippen LogP contribution in [0.4, 0.5) is 5.69 Å². The first-order valence-electron chi connectivity index (χ1n) is 6.45. The van der Waals surface area contributed by atoms with Gasteiger partial charge in [0.25, 0.3) is 5.91 Å². The molecular formula is C13H23N5O. The van der Waals surface area contributed by atoms with Crippen molar-refractivity contribution in [2.75, 3.05) is 39.2 Å². The van der Waals surface area contributed by atoms with Crippen molar-refractivity contribution >= 4 is 11.6 Å². The van der Waals surface area contributed by atoms with Gasteiger partial charge in [-0.25, -0.2) is 0 Å². The van der Waals surface area contributed by atoms with Gasteiger partial charge in [-0.3, -0.25) is 15.6 Å². The Labute approximate surface area is 114 Å². The lowest BCUT2D eigenvalue weighted by molar-refractivity contribution is 0.0753. The number of carbonyl (C=O) groups excluding carboxylic acids is 1. The summed E-state index contributed by atoms with van der Waals surface area (Å²) in [5, 5.41) is 0. The monoisotopic (exact) mass is 265 g/mol. The highest BCUT2D eigenvalue weighted by Gasteiger charge is 2.15. The van der Waals surface area contributed by atoms with Gasteiger partial charge in [0.15, 0.2) is 0 Å². The number of nitrogen functional groups attached to an aromatic ring is 1. The predicted molar refractivity (Wildman–Crippen MR) is 76.8 cm³/mol. The van der Waals surface area contributed by atoms with Crippen LogP contribution >= 0.6 is 0 Å². The molecule has 0 radical (unpaired) electrons. The van der Waals surface area contributed by atoms with E-state index in [1.807, 2.05) is 21.0 Å². The first-order chi connectivity index (χ1) is 9.08. The molecule has 3 N–H and O–H groups in total. The van der Waals surface area contributed by atoms with E-state index in [0.717, 1.165) is 19.5 Å². The number of aromatic nitrogens is 1. The van der Waals surface area contributed by atoms with E-state index in [-0.39, 0.29) is 5.91 Å². The fourth-order valence-electron chi connectivity index (χ4n) is 1.78. The average molecular weight is 265 g/mol. The fraction of sp³-hybridized carbons (Fsp3) is 0.538. The van der Waals surface area contributed by atoms with E-state index in [0.29, 0.717) is 17.9 Å². The lowest BCUT2D eigenvalue weighted by Gasteiger charge is -2.21. The fourth-order valence-corrected chi connectivity index (χ4v) is 1.78. The van der Waals surface area contributed by atoms with Crippen molar-refractivity contribution in [1.82, 2.24) is 14.8 Å². The van der Waals surface area contributed by atoms with E-state index in [2.05, 4.69) is 15.3 Å². The minimum atomic E-state index is -0.0571. The first-order valence-corrected chi connectivity index (χ1v) is 6.45. The molecule has 0 fully saturated rings. The van der Waals surface area contributed by atoms with Gasteiger partial charge in [0.1, 0.15) is 5.69 Å². The molecule has 6 heteroatoms. The van der Waals surface area contributed by atoms with Gasteiger partial charge in [0.2, 0.25) is 0 Å². The van der Waals surface area contributed by atoms with Gasteiger partial charge in [-0.1, -0.05) is 0 Å². The topological polar surface area (TPSA) is 74.5 Å². The Balaban J connectivity index is 2.66. The summed E-state index contributed by atoms with van der Waals surface area (Å²) in [6.07, 6.45) is 2.53. The Kier molecular flexibility index (Phi) is 6.24. The van der Waals surface area contributed by atoms with E-state index in [9.17, 15) is 4.79 Å². The maximum Gasteiger partial charge on any atom is 0.272 e. The third kappa shape index (κ3) is 4.84. The van der Waals surface area contributed by atoms with Crippen LogP contribution in [-0.4, -0.2) is 54.4 Å². The number of amides is 1. The first kappa shape index (κ1) is 15.4. The van der Waals surface area contributed by atoms with Crippen molar-refractivity contribution in [2.24, 2.45) is 5.84 Å². The Morgan fingerprint density at radius 2 is 2.16 bits per heavy atom. The van der Waals surface area contributed by atoms with E-state index in [1.54, 1.807) is 23.2 Å². The van der Waals surface area contributed by atoms with Crippen LogP contribution in [-0.2, 0) is 0 Å². The summed E-state index contributed by atoms with van der Waals surface area (Å²) in [5.74, 6) is 5.28. The molecule has 0 spiro atoms. The second kappa shape index (κ2) is 7.70. The van der Waals surface area contributed by atoms with E-state index in [1.165, 1.54) is 0 Å². The molecule has 106 valence electrons. The number of nitrogens with one attached hydrogen (secondary N) is 1. The standard InChI is InChI=1S/C13H23N5O/c1-4-18(9-5-8-17(2)3)13(19)12-10-11(16-14)6-7-15-12/h6-7,10H,4-5,8-9,14H2,1-3H3,(H,15,16). The van der Waals surface area contributed by atoms with E-state index >= 15 is 0 Å². The molecule has 0 aliphatic heterocycles. The quantitative estimate of drug-likeness (QED) is 0.563. The summed E-state index contributed by atoms with van der Waals surface area (Å²) in [6.45, 7) is 4.34. The Bertz CT molecular complexity index is 408. The molecule has 6 nitrogen and oxygen atoms in total. The number of pyridine rings is 1. The maximum absolute atomic E-state index is 12.3. The number of carbonyl (C=O) groups is 1. The number of nitrogens with zero attached hydrogens (tertiary/aromatic N) is 3. The third-order valence-corrected chi connectivity index (χ3v) is 2.85. The Morgan fingerprint density at radius 1 is 1.42 bits per heavy atom. The number of hydrogen-bond acceptors (Lipinski definition) is 5. The highest BCUT2D eigenvalue weighted by molar-refractivity contribution is 5.93. The molecule has 0 aromatic carbocycles. The zero-order valence-electron chi connectivity index (χ0n) is 11.9. The van der Waals surface area contributed by atoms with Crippen LogP contribution in [0.3, 0.4) is 0 Å². The summed E-state index contributed by atoms with van der Waals surface area (Å²) in [7, 11) is 4.05. The van der Waals surface area contributed by atoms with Crippen molar-refractivity contribution in [3.8, 4) is 0 Å². The second-order valence-corrected chi connectivity index (χ2v) is 4.62. The second-order valence-electron chi connectivity index (χ2n) is 4.62. The lowest BCUT2D eigenvalue weighted by atomic mass is 10.2. The molecule has 0 aliphatic rings. The summed E-state index contributed by atoms with van der Waals surface area (Å²) in [6, 6.07) is 3.38. The van der Waals surface area contributed by atoms with Gasteiger partial charge in [-0.05, 0) is 46.1 Å². The van der Waals surface area contributed by atoms with Gasteiger partial charge in [-0.2, -0.15) is 0 Å². The molecule has 1 aromatic rings. The molecule has 0 aliphatic carbocycles. The molecule has 1 aromatic heterocycles. The van der Waals surface area contributed by atoms with Crippen LogP contribution in [0.5, 0.6) is 0 Å². The molecule has 0 saturated carbocycles. The van der Waals surface area contributed by atoms with E-state index < -0.39 is 0 Å². The minimum absolute atomic E-state index is 0.0571. The minimum Gasteiger partial charge on any atom is -0.338 e. The molecule has 0 unspecified atom stereocenters. The van der Waals surface area contributed by atoms with Gasteiger partial charge in [0.05, 0.1) is 5.69 Å². The van der Waals surface area contributed by atoms with Crippen LogP contribution in [0.15, 0.2) is 18.3 Å². The third-order valence-electron chi connectivity index (χ3n) is 2.85. The summed E-state index contributed by atoms with van der Waals surface area (Å²) in [4.78, 5) is 20.3. The SMILES string of the molecule is CCN(CCCN(C)C)C(=O)c1cc(NN)ccn1. The number of anilines is 1. The largest absolute Gasteiger partial charge is 0.338 e. The van der Waals surface area contributed by atoms with Crippen LogP contribution < -0.4 is 11.3 Å². The van der Waals surface area contributed by atoms with Crippen molar-refractivity contribution in [3.63, 3.8) is 0 Å². The molecule has 0 atom stereocenters. The van der Waals surface area contributed by atoms with Crippen LogP contribution in [0.2, 0.25) is 0 Å². The molecule has 1 rings (SSSR count). The van der Waals surface area contributed by atoms with Crippen molar-refractivity contribution < 1.29 is 4.79 Å². The summed E-state index contributed by atoms with van der Waals surface area (Å²) < 4.78 is 0. The molecule has 1 amide bonds. The van der Waals surface area contributed by atoms with Crippen LogP contribution in [0.25, 0.3) is 0 Å².